The number of halogens is 1. The van der Waals surface area contributed by atoms with Gasteiger partial charge in [0.25, 0.3) is 0 Å². The third kappa shape index (κ3) is 3.57. The van der Waals surface area contributed by atoms with Crippen molar-refractivity contribution in [2.75, 3.05) is 5.01 Å². The average molecular weight is 394 g/mol. The molecule has 0 fully saturated rings. The molecule has 0 spiro atoms. The van der Waals surface area contributed by atoms with Crippen LogP contribution in [0.1, 0.15) is 23.6 Å². The van der Waals surface area contributed by atoms with Crippen molar-refractivity contribution in [2.24, 2.45) is 5.10 Å². The second-order valence-electron chi connectivity index (χ2n) is 7.17. The molecule has 0 bridgehead atoms. The van der Waals surface area contributed by atoms with Gasteiger partial charge in [-0.3, -0.25) is 0 Å². The lowest BCUT2D eigenvalue weighted by Crippen LogP contribution is -2.20. The van der Waals surface area contributed by atoms with E-state index in [1.54, 1.807) is 0 Å². The smallest absolute Gasteiger partial charge is 0.172 e. The Morgan fingerprint density at radius 1 is 0.700 bits per heavy atom. The maximum absolute atomic E-state index is 13.5. The molecule has 3 aromatic carbocycles. The monoisotopic (exact) mass is 394 g/mol. The fraction of sp³-hybridized carbons (Fsp3) is 0.0800. The van der Waals surface area contributed by atoms with Gasteiger partial charge in [0, 0.05) is 12.0 Å². The van der Waals surface area contributed by atoms with E-state index in [1.165, 1.54) is 12.1 Å². The molecule has 0 amide bonds. The minimum atomic E-state index is -0.250. The second kappa shape index (κ2) is 7.87. The lowest BCUT2D eigenvalue weighted by atomic mass is 9.98. The molecule has 5 heteroatoms. The maximum atomic E-state index is 13.5. The molecular weight excluding hydrogens is 375 g/mol. The lowest BCUT2D eigenvalue weighted by Gasteiger charge is -2.22. The minimum Gasteiger partial charge on any atom is -0.238 e. The Hall–Kier alpha value is -3.86. The molecule has 1 aliphatic rings. The molecule has 4 nitrogen and oxygen atoms in total. The highest BCUT2D eigenvalue weighted by atomic mass is 19.1. The van der Waals surface area contributed by atoms with E-state index in [0.29, 0.717) is 12.2 Å². The van der Waals surface area contributed by atoms with Crippen molar-refractivity contribution in [1.82, 2.24) is 10.2 Å². The zero-order valence-electron chi connectivity index (χ0n) is 16.2. The van der Waals surface area contributed by atoms with Gasteiger partial charge in [-0.15, -0.1) is 10.2 Å². The Bertz CT molecular complexity index is 1160. The standard InChI is InChI=1S/C25H19FN4/c26-21-13-11-20(12-14-21)24-17-23(19-9-5-2-6-10-19)29-30(24)25-16-15-22(27-28-25)18-7-3-1-4-8-18/h1-16,24H,17H2. The molecule has 146 valence electrons. The number of hydrogen-bond acceptors (Lipinski definition) is 4. The molecule has 30 heavy (non-hydrogen) atoms. The quantitative estimate of drug-likeness (QED) is 0.450. The fourth-order valence-electron chi connectivity index (χ4n) is 3.68. The first kappa shape index (κ1) is 18.2. The van der Waals surface area contributed by atoms with Gasteiger partial charge in [-0.2, -0.15) is 5.10 Å². The van der Waals surface area contributed by atoms with Crippen LogP contribution in [0.2, 0.25) is 0 Å². The average Bonchev–Trinajstić information content (AvgIpc) is 3.26. The summed E-state index contributed by atoms with van der Waals surface area (Å²) in [6.45, 7) is 0. The van der Waals surface area contributed by atoms with Gasteiger partial charge in [-0.05, 0) is 35.4 Å². The Kier molecular flexibility index (Phi) is 4.77. The second-order valence-corrected chi connectivity index (χ2v) is 7.17. The predicted octanol–water partition coefficient (Wildman–Crippen LogP) is 5.64. The van der Waals surface area contributed by atoms with Crippen LogP contribution in [0.5, 0.6) is 0 Å². The molecule has 0 saturated carbocycles. The van der Waals surface area contributed by atoms with Crippen molar-refractivity contribution in [2.45, 2.75) is 12.5 Å². The highest BCUT2D eigenvalue weighted by Crippen LogP contribution is 2.36. The first-order chi connectivity index (χ1) is 14.8. The summed E-state index contributed by atoms with van der Waals surface area (Å²) in [7, 11) is 0. The number of rotatable bonds is 4. The number of benzene rings is 3. The number of aromatic nitrogens is 2. The Labute approximate surface area is 174 Å². The largest absolute Gasteiger partial charge is 0.238 e. The van der Waals surface area contributed by atoms with Crippen LogP contribution in [-0.4, -0.2) is 15.9 Å². The zero-order chi connectivity index (χ0) is 20.3. The van der Waals surface area contributed by atoms with Crippen LogP contribution in [0.4, 0.5) is 10.2 Å². The number of nitrogens with zero attached hydrogens (tertiary/aromatic N) is 4. The highest BCUT2D eigenvalue weighted by molar-refractivity contribution is 6.03. The van der Waals surface area contributed by atoms with Gasteiger partial charge in [-0.25, -0.2) is 9.40 Å². The van der Waals surface area contributed by atoms with Crippen molar-refractivity contribution in [3.63, 3.8) is 0 Å². The topological polar surface area (TPSA) is 41.4 Å². The number of anilines is 1. The summed E-state index contributed by atoms with van der Waals surface area (Å²) in [5.41, 5.74) is 4.85. The molecule has 4 aromatic rings. The van der Waals surface area contributed by atoms with Crippen molar-refractivity contribution in [3.05, 3.63) is 114 Å². The van der Waals surface area contributed by atoms with Crippen LogP contribution in [0.25, 0.3) is 11.3 Å². The van der Waals surface area contributed by atoms with E-state index in [-0.39, 0.29) is 11.9 Å². The summed E-state index contributed by atoms with van der Waals surface area (Å²) in [6.07, 6.45) is 0.706. The molecule has 2 heterocycles. The number of hydrazone groups is 1. The van der Waals surface area contributed by atoms with E-state index < -0.39 is 0 Å². The Morgan fingerprint density at radius 2 is 1.37 bits per heavy atom. The summed E-state index contributed by atoms with van der Waals surface area (Å²) < 4.78 is 13.5. The number of hydrogen-bond donors (Lipinski definition) is 0. The van der Waals surface area contributed by atoms with E-state index >= 15 is 0 Å². The Morgan fingerprint density at radius 3 is 2.00 bits per heavy atom. The van der Waals surface area contributed by atoms with Gasteiger partial charge in [0.05, 0.1) is 17.4 Å². The predicted molar refractivity (Wildman–Crippen MR) is 117 cm³/mol. The summed E-state index contributed by atoms with van der Waals surface area (Å²) >= 11 is 0. The van der Waals surface area contributed by atoms with Gasteiger partial charge in [0.15, 0.2) is 5.82 Å². The van der Waals surface area contributed by atoms with E-state index in [4.69, 9.17) is 5.10 Å². The summed E-state index contributed by atoms with van der Waals surface area (Å²) in [5.74, 6) is 0.412. The van der Waals surface area contributed by atoms with Crippen LogP contribution < -0.4 is 5.01 Å². The highest BCUT2D eigenvalue weighted by Gasteiger charge is 2.31. The summed E-state index contributed by atoms with van der Waals surface area (Å²) in [5, 5.41) is 15.6. The van der Waals surface area contributed by atoms with E-state index in [0.717, 1.165) is 28.1 Å². The lowest BCUT2D eigenvalue weighted by molar-refractivity contribution is 0.623. The molecule has 0 aliphatic carbocycles. The van der Waals surface area contributed by atoms with Gasteiger partial charge in [0.2, 0.25) is 0 Å². The van der Waals surface area contributed by atoms with E-state index in [2.05, 4.69) is 10.2 Å². The third-order valence-corrected chi connectivity index (χ3v) is 5.23. The summed E-state index contributed by atoms with van der Waals surface area (Å²) in [4.78, 5) is 0. The minimum absolute atomic E-state index is 0.0716. The van der Waals surface area contributed by atoms with Gasteiger partial charge >= 0.3 is 0 Å². The maximum Gasteiger partial charge on any atom is 0.172 e. The van der Waals surface area contributed by atoms with E-state index in [9.17, 15) is 4.39 Å². The molecule has 1 aliphatic heterocycles. The van der Waals surface area contributed by atoms with Crippen LogP contribution in [0.15, 0.2) is 102 Å². The normalized spacial score (nSPS) is 15.8. The summed E-state index contributed by atoms with van der Waals surface area (Å²) in [6, 6.07) is 30.4. The van der Waals surface area contributed by atoms with E-state index in [1.807, 2.05) is 89.9 Å². The molecule has 1 atom stereocenters. The van der Waals surface area contributed by atoms with Gasteiger partial charge in [0.1, 0.15) is 5.82 Å². The van der Waals surface area contributed by atoms with Crippen molar-refractivity contribution in [1.29, 1.82) is 0 Å². The van der Waals surface area contributed by atoms with Crippen molar-refractivity contribution in [3.8, 4) is 11.3 Å². The molecule has 0 saturated heterocycles. The van der Waals surface area contributed by atoms with Crippen LogP contribution in [0, 0.1) is 5.82 Å². The first-order valence-corrected chi connectivity index (χ1v) is 9.85. The zero-order valence-corrected chi connectivity index (χ0v) is 16.2. The van der Waals surface area contributed by atoms with Crippen molar-refractivity contribution < 1.29 is 4.39 Å². The first-order valence-electron chi connectivity index (χ1n) is 9.85. The van der Waals surface area contributed by atoms with Crippen LogP contribution in [-0.2, 0) is 0 Å². The molecule has 5 rings (SSSR count). The third-order valence-electron chi connectivity index (χ3n) is 5.23. The molecule has 1 aromatic heterocycles. The van der Waals surface area contributed by atoms with Crippen LogP contribution >= 0.6 is 0 Å². The fourth-order valence-corrected chi connectivity index (χ4v) is 3.68. The van der Waals surface area contributed by atoms with Crippen molar-refractivity contribution >= 4 is 11.5 Å². The molecule has 1 unspecified atom stereocenters. The van der Waals surface area contributed by atoms with Crippen LogP contribution in [0.3, 0.4) is 0 Å². The van der Waals surface area contributed by atoms with Gasteiger partial charge < -0.3 is 0 Å². The SMILES string of the molecule is Fc1ccc(C2CC(c3ccccc3)=NN2c2ccc(-c3ccccc3)nn2)cc1. The Balaban J connectivity index is 1.51. The molecule has 0 N–H and O–H groups in total. The molecular formula is C25H19FN4. The van der Waals surface area contributed by atoms with Gasteiger partial charge in [-0.1, -0.05) is 72.8 Å². The molecule has 0 radical (unpaired) electrons.